The van der Waals surface area contributed by atoms with E-state index in [2.05, 4.69) is 92.4 Å². The highest BCUT2D eigenvalue weighted by Crippen LogP contribution is 2.41. The molecule has 2 heterocycles. The minimum atomic E-state index is -2.12. The first-order valence-corrected chi connectivity index (χ1v) is 15.8. The Balaban J connectivity index is 1.56. The van der Waals surface area contributed by atoms with Gasteiger partial charge < -0.3 is 13.6 Å². The summed E-state index contributed by atoms with van der Waals surface area (Å²) in [5.74, 6) is 0.516. The van der Waals surface area contributed by atoms with Crippen molar-refractivity contribution in [2.75, 3.05) is 7.11 Å². The minimum Gasteiger partial charge on any atom is -0.464 e. The Labute approximate surface area is 226 Å². The fourth-order valence-electron chi connectivity index (χ4n) is 3.90. The third kappa shape index (κ3) is 6.47. The third-order valence-electron chi connectivity index (χ3n) is 7.19. The van der Waals surface area contributed by atoms with Gasteiger partial charge in [-0.05, 0) is 59.8 Å². The summed E-state index contributed by atoms with van der Waals surface area (Å²) in [6.45, 7) is 11.1. The summed E-state index contributed by atoms with van der Waals surface area (Å²) in [5, 5.41) is 0.0361. The van der Waals surface area contributed by atoms with Crippen LogP contribution in [0.1, 0.15) is 55.2 Å². The molecule has 0 fully saturated rings. The van der Waals surface area contributed by atoms with Gasteiger partial charge >= 0.3 is 5.97 Å². The number of carbonyl (C=O) groups is 1. The maximum Gasteiger partial charge on any atom is 0.356 e. The van der Waals surface area contributed by atoms with Crippen LogP contribution in [0.15, 0.2) is 83.4 Å². The van der Waals surface area contributed by atoms with Gasteiger partial charge in [-0.3, -0.25) is 0 Å². The van der Waals surface area contributed by atoms with Crippen molar-refractivity contribution in [2.24, 2.45) is 0 Å². The van der Waals surface area contributed by atoms with E-state index in [1.54, 1.807) is 24.4 Å². The maximum atomic E-state index is 11.9. The van der Waals surface area contributed by atoms with E-state index in [4.69, 9.17) is 13.6 Å². The molecule has 0 aliphatic rings. The number of rotatable bonds is 9. The van der Waals surface area contributed by atoms with Crippen molar-refractivity contribution in [1.82, 2.24) is 9.97 Å². The molecule has 0 aliphatic heterocycles. The first kappa shape index (κ1) is 27.5. The van der Waals surface area contributed by atoms with E-state index in [9.17, 15) is 4.79 Å². The Hall–Kier alpha value is -3.55. The summed E-state index contributed by atoms with van der Waals surface area (Å²) in [6.07, 6.45) is 2.90. The average molecular weight is 529 g/mol. The van der Waals surface area contributed by atoms with Crippen molar-refractivity contribution in [2.45, 2.75) is 57.8 Å². The normalized spacial score (nSPS) is 12.8. The number of ether oxygens (including phenoxy) is 1. The van der Waals surface area contributed by atoms with Gasteiger partial charge in [0.2, 0.25) is 5.89 Å². The number of benzene rings is 2. The second-order valence-electron chi connectivity index (χ2n) is 10.9. The van der Waals surface area contributed by atoms with Crippen LogP contribution in [0.3, 0.4) is 0 Å². The molecule has 2 aromatic carbocycles. The predicted molar refractivity (Wildman–Crippen MR) is 152 cm³/mol. The van der Waals surface area contributed by atoms with Crippen molar-refractivity contribution in [3.8, 4) is 22.6 Å². The smallest absolute Gasteiger partial charge is 0.356 e. The van der Waals surface area contributed by atoms with E-state index in [0.29, 0.717) is 17.3 Å². The second kappa shape index (κ2) is 11.5. The van der Waals surface area contributed by atoms with E-state index in [0.717, 1.165) is 12.8 Å². The molecule has 4 rings (SSSR count). The number of carbonyl (C=O) groups excluding carboxylic acids is 1. The topological polar surface area (TPSA) is 74.5 Å². The Morgan fingerprint density at radius 2 is 1.63 bits per heavy atom. The van der Waals surface area contributed by atoms with E-state index in [-0.39, 0.29) is 16.8 Å². The highest BCUT2D eigenvalue weighted by molar-refractivity contribution is 6.74. The van der Waals surface area contributed by atoms with Gasteiger partial charge in [-0.2, -0.15) is 0 Å². The molecule has 198 valence electrons. The molecule has 0 saturated heterocycles. The van der Waals surface area contributed by atoms with Crippen LogP contribution in [0.5, 0.6) is 0 Å². The lowest BCUT2D eigenvalue weighted by atomic mass is 10.0. The van der Waals surface area contributed by atoms with Crippen LogP contribution in [-0.2, 0) is 15.6 Å². The van der Waals surface area contributed by atoms with Gasteiger partial charge in [0, 0.05) is 0 Å². The van der Waals surface area contributed by atoms with Crippen LogP contribution >= 0.6 is 0 Å². The first-order chi connectivity index (χ1) is 18.1. The molecular weight excluding hydrogens is 492 g/mol. The lowest BCUT2D eigenvalue weighted by molar-refractivity contribution is 0.0594. The van der Waals surface area contributed by atoms with Crippen LogP contribution in [0.25, 0.3) is 22.6 Å². The zero-order valence-electron chi connectivity index (χ0n) is 23.0. The first-order valence-electron chi connectivity index (χ1n) is 12.9. The van der Waals surface area contributed by atoms with Crippen LogP contribution in [0.4, 0.5) is 0 Å². The van der Waals surface area contributed by atoms with Crippen molar-refractivity contribution in [3.63, 3.8) is 0 Å². The largest absolute Gasteiger partial charge is 0.464 e. The van der Waals surface area contributed by atoms with Crippen molar-refractivity contribution < 1.29 is 18.4 Å². The third-order valence-corrected chi connectivity index (χ3v) is 11.7. The van der Waals surface area contributed by atoms with Gasteiger partial charge in [-0.25, -0.2) is 14.8 Å². The monoisotopic (exact) mass is 528 g/mol. The van der Waals surface area contributed by atoms with Crippen molar-refractivity contribution in [3.05, 3.63) is 96.1 Å². The number of oxazole rings is 1. The molecule has 0 aliphatic carbocycles. The molecule has 6 nitrogen and oxygen atoms in total. The number of aryl methyl sites for hydroxylation is 1. The summed E-state index contributed by atoms with van der Waals surface area (Å²) < 4.78 is 17.8. The fraction of sp³-hybridized carbons (Fsp3) is 0.323. The molecule has 0 bridgehead atoms. The van der Waals surface area contributed by atoms with Crippen LogP contribution in [-0.4, -0.2) is 31.4 Å². The highest BCUT2D eigenvalue weighted by Gasteiger charge is 2.40. The molecule has 0 saturated carbocycles. The number of hydrogen-bond donors (Lipinski definition) is 0. The standard InChI is InChI=1S/C31H36N2O4Si/c1-31(2,3)38(5,6)37-27(20-17-22-15-18-24(19-16-22)23-11-8-7-9-12-23)29-32-21-28(36-29)25-13-10-14-26(33-25)30(34)35-4/h7-16,18-19,21,27H,17,20H2,1-6H3. The van der Waals surface area contributed by atoms with Gasteiger partial charge in [0.25, 0.3) is 0 Å². The average Bonchev–Trinajstić information content (AvgIpc) is 3.41. The number of nitrogens with zero attached hydrogens (tertiary/aromatic N) is 2. The molecule has 4 aromatic rings. The van der Waals surface area contributed by atoms with Crippen LogP contribution in [0.2, 0.25) is 18.1 Å². The van der Waals surface area contributed by atoms with Gasteiger partial charge in [0.05, 0.1) is 13.3 Å². The minimum absolute atomic E-state index is 0.0361. The Morgan fingerprint density at radius 1 is 0.947 bits per heavy atom. The summed E-state index contributed by atoms with van der Waals surface area (Å²) >= 11 is 0. The van der Waals surface area contributed by atoms with Crippen molar-refractivity contribution in [1.29, 1.82) is 0 Å². The zero-order valence-corrected chi connectivity index (χ0v) is 24.0. The van der Waals surface area contributed by atoms with Crippen LogP contribution in [0, 0.1) is 0 Å². The van der Waals surface area contributed by atoms with Gasteiger partial charge in [-0.1, -0.05) is 81.4 Å². The fourth-order valence-corrected chi connectivity index (χ4v) is 5.19. The Morgan fingerprint density at radius 3 is 2.29 bits per heavy atom. The molecule has 38 heavy (non-hydrogen) atoms. The number of hydrogen-bond acceptors (Lipinski definition) is 6. The number of aromatic nitrogens is 2. The number of methoxy groups -OCH3 is 1. The molecule has 1 unspecified atom stereocenters. The van der Waals surface area contributed by atoms with Gasteiger partial charge in [0.1, 0.15) is 17.5 Å². The molecule has 0 N–H and O–H groups in total. The van der Waals surface area contributed by atoms with Gasteiger partial charge in [-0.15, -0.1) is 0 Å². The molecule has 0 amide bonds. The zero-order chi connectivity index (χ0) is 27.3. The summed E-state index contributed by atoms with van der Waals surface area (Å²) in [7, 11) is -0.783. The molecule has 1 atom stereocenters. The molecule has 0 radical (unpaired) electrons. The Bertz CT molecular complexity index is 1360. The molecular formula is C31H36N2O4Si. The lowest BCUT2D eigenvalue weighted by Gasteiger charge is -2.38. The van der Waals surface area contributed by atoms with E-state index < -0.39 is 14.3 Å². The second-order valence-corrected chi connectivity index (χ2v) is 15.7. The summed E-state index contributed by atoms with van der Waals surface area (Å²) in [6, 6.07) is 24.2. The maximum absolute atomic E-state index is 11.9. The quantitative estimate of drug-likeness (QED) is 0.162. The SMILES string of the molecule is COC(=O)c1cccc(-c2cnc(C(CCc3ccc(-c4ccccc4)cc3)O[Si](C)(C)C(C)(C)C)o2)n1. The van der Waals surface area contributed by atoms with E-state index in [1.165, 1.54) is 23.8 Å². The highest BCUT2D eigenvalue weighted by atomic mass is 28.4. The number of pyridine rings is 1. The Kier molecular flexibility index (Phi) is 8.28. The molecule has 2 aromatic heterocycles. The van der Waals surface area contributed by atoms with Gasteiger partial charge in [0.15, 0.2) is 14.1 Å². The molecule has 7 heteroatoms. The summed E-state index contributed by atoms with van der Waals surface area (Å²) in [4.78, 5) is 20.9. The molecule has 0 spiro atoms. The summed E-state index contributed by atoms with van der Waals surface area (Å²) in [5.41, 5.74) is 4.37. The van der Waals surface area contributed by atoms with Crippen LogP contribution < -0.4 is 0 Å². The van der Waals surface area contributed by atoms with E-state index >= 15 is 0 Å². The predicted octanol–water partition coefficient (Wildman–Crippen LogP) is 7.89. The number of esters is 1. The van der Waals surface area contributed by atoms with Crippen molar-refractivity contribution >= 4 is 14.3 Å². The lowest BCUT2D eigenvalue weighted by Crippen LogP contribution is -2.42. The van der Waals surface area contributed by atoms with E-state index in [1.807, 2.05) is 6.07 Å².